The zero-order valence-corrected chi connectivity index (χ0v) is 16.7. The fraction of sp³-hybridized carbons (Fsp3) is 0.524. The van der Waals surface area contributed by atoms with Gasteiger partial charge in [-0.2, -0.15) is 0 Å². The van der Waals surface area contributed by atoms with E-state index in [2.05, 4.69) is 4.90 Å². The molecule has 5 nitrogen and oxygen atoms in total. The lowest BCUT2D eigenvalue weighted by Crippen LogP contribution is -2.50. The van der Waals surface area contributed by atoms with Crippen LogP contribution in [0.5, 0.6) is 0 Å². The minimum absolute atomic E-state index is 0.114. The predicted octanol–water partition coefficient (Wildman–Crippen LogP) is 3.44. The van der Waals surface area contributed by atoms with Crippen molar-refractivity contribution in [3.63, 3.8) is 0 Å². The Balaban J connectivity index is 1.98. The molecule has 0 saturated carbocycles. The Morgan fingerprint density at radius 1 is 1.15 bits per heavy atom. The third kappa shape index (κ3) is 4.42. The van der Waals surface area contributed by atoms with Crippen LogP contribution in [-0.4, -0.2) is 54.8 Å². The summed E-state index contributed by atoms with van der Waals surface area (Å²) >= 11 is 6.07. The van der Waals surface area contributed by atoms with Gasteiger partial charge in [-0.1, -0.05) is 30.2 Å². The lowest BCUT2D eigenvalue weighted by molar-refractivity contribution is -0.143. The minimum atomic E-state index is -0.732. The molecular formula is C21H27ClN2O3. The number of piperidine rings is 1. The van der Waals surface area contributed by atoms with Crippen LogP contribution in [0.25, 0.3) is 0 Å². The van der Waals surface area contributed by atoms with Crippen molar-refractivity contribution >= 4 is 23.3 Å². The normalized spacial score (nSPS) is 22.7. The summed E-state index contributed by atoms with van der Waals surface area (Å²) in [6.45, 7) is 4.48. The molecule has 3 rings (SSSR count). The third-order valence-corrected chi connectivity index (χ3v) is 5.70. The first-order valence-corrected chi connectivity index (χ1v) is 9.92. The van der Waals surface area contributed by atoms with Crippen LogP contribution < -0.4 is 0 Å². The number of halogens is 1. The second-order valence-electron chi connectivity index (χ2n) is 7.24. The molecule has 1 amide bonds. The molecule has 2 atom stereocenters. The average molecular weight is 391 g/mol. The summed E-state index contributed by atoms with van der Waals surface area (Å²) in [5.74, 6) is -0.982. The van der Waals surface area contributed by atoms with Crippen LogP contribution in [0.3, 0.4) is 0 Å². The van der Waals surface area contributed by atoms with Gasteiger partial charge in [0.1, 0.15) is 5.92 Å². The number of carbonyl (C=O) groups excluding carboxylic acids is 2. The monoisotopic (exact) mass is 390 g/mol. The van der Waals surface area contributed by atoms with E-state index in [4.69, 9.17) is 16.3 Å². The van der Waals surface area contributed by atoms with Crippen LogP contribution in [0.4, 0.5) is 0 Å². The van der Waals surface area contributed by atoms with Gasteiger partial charge in [-0.3, -0.25) is 14.5 Å². The zero-order chi connectivity index (χ0) is 19.4. The number of carbonyl (C=O) groups is 2. The van der Waals surface area contributed by atoms with Crippen LogP contribution >= 0.6 is 11.6 Å². The van der Waals surface area contributed by atoms with Gasteiger partial charge in [0.05, 0.1) is 12.6 Å². The maximum atomic E-state index is 13.3. The Labute approximate surface area is 165 Å². The number of likely N-dealkylation sites (tertiary alicyclic amines) is 1. The molecule has 1 fully saturated rings. The van der Waals surface area contributed by atoms with Gasteiger partial charge in [-0.15, -0.1) is 0 Å². The first kappa shape index (κ1) is 20.1. The number of benzene rings is 1. The number of amides is 1. The molecule has 1 aromatic carbocycles. The molecule has 2 aliphatic heterocycles. The zero-order valence-electron chi connectivity index (χ0n) is 16.0. The molecule has 0 aliphatic carbocycles. The highest BCUT2D eigenvalue weighted by molar-refractivity contribution is 6.30. The summed E-state index contributed by atoms with van der Waals surface area (Å²) in [4.78, 5) is 30.3. The number of methoxy groups -OCH3 is 1. The molecule has 2 heterocycles. The molecule has 6 heteroatoms. The number of hydrogen-bond acceptors (Lipinski definition) is 4. The molecule has 0 radical (unpaired) electrons. The van der Waals surface area contributed by atoms with Crippen molar-refractivity contribution < 1.29 is 14.3 Å². The number of nitrogens with zero attached hydrogens (tertiary/aromatic N) is 2. The van der Waals surface area contributed by atoms with Gasteiger partial charge >= 0.3 is 0 Å². The quantitative estimate of drug-likeness (QED) is 0.698. The van der Waals surface area contributed by atoms with Crippen LogP contribution in [0.2, 0.25) is 5.02 Å². The Kier molecular flexibility index (Phi) is 6.68. The summed E-state index contributed by atoms with van der Waals surface area (Å²) < 4.78 is 5.15. The van der Waals surface area contributed by atoms with E-state index in [1.165, 1.54) is 6.42 Å². The Morgan fingerprint density at radius 2 is 1.81 bits per heavy atom. The molecule has 2 aliphatic rings. The minimum Gasteiger partial charge on any atom is -0.383 e. The summed E-state index contributed by atoms with van der Waals surface area (Å²) in [6.07, 6.45) is 4.97. The van der Waals surface area contributed by atoms with Gasteiger partial charge in [0.2, 0.25) is 5.91 Å². The third-order valence-electron chi connectivity index (χ3n) is 5.45. The highest BCUT2D eigenvalue weighted by atomic mass is 35.5. The molecule has 27 heavy (non-hydrogen) atoms. The van der Waals surface area contributed by atoms with Gasteiger partial charge in [0.25, 0.3) is 0 Å². The molecule has 1 saturated heterocycles. The van der Waals surface area contributed by atoms with Gasteiger partial charge in [-0.05, 0) is 50.6 Å². The molecular weight excluding hydrogens is 364 g/mol. The number of hydrogen-bond donors (Lipinski definition) is 0. The SMILES string of the molecule is COCCN1C(=O)C(C(c2ccc(Cl)cc2)N2CCCCC2)C(=O)C=C1C. The van der Waals surface area contributed by atoms with E-state index in [1.54, 1.807) is 25.0 Å². The van der Waals surface area contributed by atoms with Crippen LogP contribution in [0.15, 0.2) is 36.0 Å². The van der Waals surface area contributed by atoms with Crippen molar-refractivity contribution in [2.24, 2.45) is 5.92 Å². The van der Waals surface area contributed by atoms with Crippen molar-refractivity contribution in [2.75, 3.05) is 33.4 Å². The van der Waals surface area contributed by atoms with E-state index < -0.39 is 5.92 Å². The van der Waals surface area contributed by atoms with E-state index in [1.807, 2.05) is 24.3 Å². The van der Waals surface area contributed by atoms with Crippen molar-refractivity contribution in [2.45, 2.75) is 32.2 Å². The van der Waals surface area contributed by atoms with Gasteiger partial charge < -0.3 is 9.64 Å². The summed E-state index contributed by atoms with van der Waals surface area (Å²) in [7, 11) is 1.61. The van der Waals surface area contributed by atoms with E-state index >= 15 is 0 Å². The van der Waals surface area contributed by atoms with Gasteiger partial charge in [0.15, 0.2) is 5.78 Å². The molecule has 1 aromatic rings. The fourth-order valence-electron chi connectivity index (χ4n) is 4.07. The highest BCUT2D eigenvalue weighted by Gasteiger charge is 2.43. The van der Waals surface area contributed by atoms with Crippen molar-refractivity contribution in [1.29, 1.82) is 0 Å². The van der Waals surface area contributed by atoms with Gasteiger partial charge in [-0.25, -0.2) is 0 Å². The van der Waals surface area contributed by atoms with E-state index in [0.717, 1.165) is 31.5 Å². The predicted molar refractivity (Wildman–Crippen MR) is 105 cm³/mol. The first-order chi connectivity index (χ1) is 13.0. The Hall–Kier alpha value is -1.69. The average Bonchev–Trinajstić information content (AvgIpc) is 2.66. The molecule has 0 spiro atoms. The maximum Gasteiger partial charge on any atom is 0.239 e. The Bertz CT molecular complexity index is 711. The molecule has 146 valence electrons. The second-order valence-corrected chi connectivity index (χ2v) is 7.68. The number of ether oxygens (including phenoxy) is 1. The largest absolute Gasteiger partial charge is 0.383 e. The van der Waals surface area contributed by atoms with Crippen LogP contribution in [0, 0.1) is 5.92 Å². The standard InChI is InChI=1S/C21H27ClN2O3/c1-15-14-18(25)19(21(26)24(15)12-13-27-2)20(23-10-4-3-5-11-23)16-6-8-17(22)9-7-16/h6-9,14,19-20H,3-5,10-13H2,1-2H3. The van der Waals surface area contributed by atoms with E-state index in [0.29, 0.717) is 23.9 Å². The molecule has 2 unspecified atom stereocenters. The van der Waals surface area contributed by atoms with Crippen LogP contribution in [0.1, 0.15) is 37.8 Å². The number of rotatable bonds is 6. The molecule has 0 N–H and O–H groups in total. The topological polar surface area (TPSA) is 49.9 Å². The lowest BCUT2D eigenvalue weighted by atomic mass is 9.83. The summed E-state index contributed by atoms with van der Waals surface area (Å²) in [6, 6.07) is 7.27. The highest BCUT2D eigenvalue weighted by Crippen LogP contribution is 2.36. The van der Waals surface area contributed by atoms with Gasteiger partial charge in [0, 0.05) is 30.5 Å². The van der Waals surface area contributed by atoms with Crippen molar-refractivity contribution in [1.82, 2.24) is 9.80 Å². The first-order valence-electron chi connectivity index (χ1n) is 9.55. The van der Waals surface area contributed by atoms with Crippen molar-refractivity contribution in [3.8, 4) is 0 Å². The van der Waals surface area contributed by atoms with Crippen molar-refractivity contribution in [3.05, 3.63) is 46.6 Å². The summed E-state index contributed by atoms with van der Waals surface area (Å²) in [5.41, 5.74) is 1.65. The lowest BCUT2D eigenvalue weighted by Gasteiger charge is -2.41. The van der Waals surface area contributed by atoms with E-state index in [9.17, 15) is 9.59 Å². The number of allylic oxidation sites excluding steroid dienone is 2. The van der Waals surface area contributed by atoms with Crippen LogP contribution in [-0.2, 0) is 14.3 Å². The Morgan fingerprint density at radius 3 is 2.44 bits per heavy atom. The maximum absolute atomic E-state index is 13.3. The molecule has 0 aromatic heterocycles. The fourth-order valence-corrected chi connectivity index (χ4v) is 4.19. The smallest absolute Gasteiger partial charge is 0.239 e. The number of ketones is 1. The van der Waals surface area contributed by atoms with E-state index in [-0.39, 0.29) is 17.7 Å². The molecule has 0 bridgehead atoms. The summed E-state index contributed by atoms with van der Waals surface area (Å²) in [5, 5.41) is 0.648. The second kappa shape index (κ2) is 9.00.